The summed E-state index contributed by atoms with van der Waals surface area (Å²) < 4.78 is 0. The summed E-state index contributed by atoms with van der Waals surface area (Å²) in [6.45, 7) is 4.07. The third-order valence-corrected chi connectivity index (χ3v) is 4.05. The van der Waals surface area contributed by atoms with E-state index in [2.05, 4.69) is 58.5 Å². The predicted octanol–water partition coefficient (Wildman–Crippen LogP) is 1.19. The Morgan fingerprint density at radius 3 is 2.89 bits per heavy atom. The van der Waals surface area contributed by atoms with Crippen LogP contribution in [0.4, 0.5) is 5.69 Å². The minimum absolute atomic E-state index is 0.650. The molecule has 2 aliphatic rings. The summed E-state index contributed by atoms with van der Waals surface area (Å²) in [5, 5.41) is 3.50. The number of nitrogens with zero attached hydrogens (tertiary/aromatic N) is 3. The van der Waals surface area contributed by atoms with Crippen LogP contribution in [0.15, 0.2) is 29.3 Å². The van der Waals surface area contributed by atoms with Gasteiger partial charge in [-0.05, 0) is 24.0 Å². The van der Waals surface area contributed by atoms with Crippen LogP contribution in [0, 0.1) is 5.92 Å². The molecule has 19 heavy (non-hydrogen) atoms. The normalized spacial score (nSPS) is 22.2. The Morgan fingerprint density at radius 2 is 2.11 bits per heavy atom. The first kappa shape index (κ1) is 12.3. The monoisotopic (exact) mass is 258 g/mol. The van der Waals surface area contributed by atoms with Crippen LogP contribution in [0.3, 0.4) is 0 Å². The lowest BCUT2D eigenvalue weighted by atomic mass is 9.93. The summed E-state index contributed by atoms with van der Waals surface area (Å²) in [5.41, 5.74) is 2.85. The maximum atomic E-state index is 4.48. The molecule has 1 aromatic carbocycles. The second kappa shape index (κ2) is 5.11. The van der Waals surface area contributed by atoms with E-state index in [4.69, 9.17) is 0 Å². The van der Waals surface area contributed by atoms with Crippen LogP contribution in [0.1, 0.15) is 5.56 Å². The van der Waals surface area contributed by atoms with Gasteiger partial charge in [0.25, 0.3) is 0 Å². The van der Waals surface area contributed by atoms with Crippen LogP contribution in [0.2, 0.25) is 0 Å². The van der Waals surface area contributed by atoms with Gasteiger partial charge < -0.3 is 15.1 Å². The molecule has 0 bridgehead atoms. The molecule has 0 amide bonds. The highest BCUT2D eigenvalue weighted by molar-refractivity contribution is 5.81. The van der Waals surface area contributed by atoms with Crippen LogP contribution >= 0.6 is 0 Å². The van der Waals surface area contributed by atoms with Crippen molar-refractivity contribution in [1.82, 2.24) is 10.2 Å². The first-order chi connectivity index (χ1) is 9.24. The molecular formula is C15H22N4. The number of hydrogen-bond donors (Lipinski definition) is 1. The molecule has 1 atom stereocenters. The molecule has 2 heterocycles. The van der Waals surface area contributed by atoms with Crippen molar-refractivity contribution in [2.45, 2.75) is 6.42 Å². The van der Waals surface area contributed by atoms with E-state index in [0.29, 0.717) is 5.92 Å². The van der Waals surface area contributed by atoms with E-state index < -0.39 is 0 Å². The smallest absolute Gasteiger partial charge is 0.193 e. The SMILES string of the molecule is CN1CCN=C1NCC1Cc2ccccc2N(C)C1. The number of nitrogens with one attached hydrogen (secondary N) is 1. The van der Waals surface area contributed by atoms with Gasteiger partial charge in [0.05, 0.1) is 6.54 Å². The van der Waals surface area contributed by atoms with Crippen LogP contribution in [-0.4, -0.2) is 51.1 Å². The first-order valence-corrected chi connectivity index (χ1v) is 7.02. The minimum atomic E-state index is 0.650. The molecule has 0 saturated heterocycles. The molecule has 0 fully saturated rings. The number of fused-ring (bicyclic) bond motifs is 1. The molecular weight excluding hydrogens is 236 g/mol. The van der Waals surface area contributed by atoms with Crippen molar-refractivity contribution in [2.24, 2.45) is 10.9 Å². The molecule has 0 saturated carbocycles. The van der Waals surface area contributed by atoms with Crippen molar-refractivity contribution in [2.75, 3.05) is 45.2 Å². The summed E-state index contributed by atoms with van der Waals surface area (Å²) in [6, 6.07) is 8.72. The van der Waals surface area contributed by atoms with Gasteiger partial charge in [0.1, 0.15) is 0 Å². The molecule has 102 valence electrons. The van der Waals surface area contributed by atoms with E-state index in [1.165, 1.54) is 11.3 Å². The topological polar surface area (TPSA) is 30.9 Å². The Kier molecular flexibility index (Phi) is 3.32. The molecule has 0 aliphatic carbocycles. The third kappa shape index (κ3) is 2.53. The maximum Gasteiger partial charge on any atom is 0.193 e. The molecule has 0 aromatic heterocycles. The van der Waals surface area contributed by atoms with Crippen molar-refractivity contribution < 1.29 is 0 Å². The van der Waals surface area contributed by atoms with Crippen molar-refractivity contribution in [3.8, 4) is 0 Å². The standard InChI is InChI=1S/C15H22N4/c1-18-8-7-16-15(18)17-10-12-9-13-5-3-4-6-14(13)19(2)11-12/h3-6,12H,7-11H2,1-2H3,(H,16,17). The summed E-state index contributed by atoms with van der Waals surface area (Å²) >= 11 is 0. The highest BCUT2D eigenvalue weighted by atomic mass is 15.3. The largest absolute Gasteiger partial charge is 0.374 e. The van der Waals surface area contributed by atoms with E-state index in [9.17, 15) is 0 Å². The molecule has 1 unspecified atom stereocenters. The number of hydrogen-bond acceptors (Lipinski definition) is 4. The lowest BCUT2D eigenvalue weighted by Crippen LogP contribution is -2.43. The quantitative estimate of drug-likeness (QED) is 0.864. The van der Waals surface area contributed by atoms with E-state index in [-0.39, 0.29) is 0 Å². The Labute approximate surface area is 115 Å². The van der Waals surface area contributed by atoms with Gasteiger partial charge in [0.15, 0.2) is 5.96 Å². The second-order valence-corrected chi connectivity index (χ2v) is 5.59. The Balaban J connectivity index is 1.62. The number of para-hydroxylation sites is 1. The highest BCUT2D eigenvalue weighted by Gasteiger charge is 2.22. The molecule has 1 aromatic rings. The van der Waals surface area contributed by atoms with Gasteiger partial charge in [0.2, 0.25) is 0 Å². The molecule has 4 nitrogen and oxygen atoms in total. The van der Waals surface area contributed by atoms with Crippen LogP contribution in [0.25, 0.3) is 0 Å². The number of likely N-dealkylation sites (N-methyl/N-ethyl adjacent to an activating group) is 1. The maximum absolute atomic E-state index is 4.48. The average molecular weight is 258 g/mol. The Bertz CT molecular complexity index is 483. The van der Waals surface area contributed by atoms with Gasteiger partial charge in [-0.25, -0.2) is 0 Å². The summed E-state index contributed by atoms with van der Waals surface area (Å²) in [6.07, 6.45) is 1.16. The van der Waals surface area contributed by atoms with Crippen molar-refractivity contribution in [1.29, 1.82) is 0 Å². The van der Waals surface area contributed by atoms with E-state index in [1.807, 2.05) is 0 Å². The second-order valence-electron chi connectivity index (χ2n) is 5.59. The molecule has 3 rings (SSSR count). The molecule has 4 heteroatoms. The third-order valence-electron chi connectivity index (χ3n) is 4.05. The van der Waals surface area contributed by atoms with Crippen LogP contribution in [-0.2, 0) is 6.42 Å². The average Bonchev–Trinajstić information content (AvgIpc) is 2.82. The lowest BCUT2D eigenvalue weighted by molar-refractivity contribution is 0.472. The predicted molar refractivity (Wildman–Crippen MR) is 79.8 cm³/mol. The van der Waals surface area contributed by atoms with Gasteiger partial charge >= 0.3 is 0 Å². The van der Waals surface area contributed by atoms with Gasteiger partial charge in [0, 0.05) is 39.4 Å². The van der Waals surface area contributed by atoms with Gasteiger partial charge in [-0.3, -0.25) is 4.99 Å². The summed E-state index contributed by atoms with van der Waals surface area (Å²) in [7, 11) is 4.28. The zero-order chi connectivity index (χ0) is 13.2. The van der Waals surface area contributed by atoms with Crippen molar-refractivity contribution in [3.63, 3.8) is 0 Å². The summed E-state index contributed by atoms with van der Waals surface area (Å²) in [5.74, 6) is 1.71. The number of rotatable bonds is 2. The minimum Gasteiger partial charge on any atom is -0.374 e. The van der Waals surface area contributed by atoms with Crippen molar-refractivity contribution in [3.05, 3.63) is 29.8 Å². The first-order valence-electron chi connectivity index (χ1n) is 7.02. The number of anilines is 1. The zero-order valence-electron chi connectivity index (χ0n) is 11.8. The fourth-order valence-electron chi connectivity index (χ4n) is 3.01. The zero-order valence-corrected chi connectivity index (χ0v) is 11.8. The molecule has 0 radical (unpaired) electrons. The van der Waals surface area contributed by atoms with E-state index in [1.54, 1.807) is 0 Å². The van der Waals surface area contributed by atoms with Gasteiger partial charge in [-0.15, -0.1) is 0 Å². The fraction of sp³-hybridized carbons (Fsp3) is 0.533. The van der Waals surface area contributed by atoms with Crippen molar-refractivity contribution >= 4 is 11.6 Å². The van der Waals surface area contributed by atoms with E-state index in [0.717, 1.165) is 38.6 Å². The number of benzene rings is 1. The van der Waals surface area contributed by atoms with Crippen LogP contribution < -0.4 is 10.2 Å². The highest BCUT2D eigenvalue weighted by Crippen LogP contribution is 2.27. The fourth-order valence-corrected chi connectivity index (χ4v) is 3.01. The lowest BCUT2D eigenvalue weighted by Gasteiger charge is -2.34. The number of aliphatic imine (C=N–C) groups is 1. The Hall–Kier alpha value is -1.71. The number of guanidine groups is 1. The molecule has 0 spiro atoms. The van der Waals surface area contributed by atoms with Gasteiger partial charge in [-0.2, -0.15) is 0 Å². The molecule has 2 aliphatic heterocycles. The molecule has 1 N–H and O–H groups in total. The summed E-state index contributed by atoms with van der Waals surface area (Å²) in [4.78, 5) is 9.04. The Morgan fingerprint density at radius 1 is 1.26 bits per heavy atom. The van der Waals surface area contributed by atoms with E-state index >= 15 is 0 Å². The van der Waals surface area contributed by atoms with Crippen LogP contribution in [0.5, 0.6) is 0 Å². The van der Waals surface area contributed by atoms with Gasteiger partial charge in [-0.1, -0.05) is 18.2 Å².